The molecular formula is C22H19NO3. The van der Waals surface area contributed by atoms with E-state index in [4.69, 9.17) is 10.8 Å². The Bertz CT molecular complexity index is 918. The van der Waals surface area contributed by atoms with Crippen molar-refractivity contribution >= 4 is 11.8 Å². The van der Waals surface area contributed by atoms with Gasteiger partial charge >= 0.3 is 5.97 Å². The van der Waals surface area contributed by atoms with Crippen molar-refractivity contribution < 1.29 is 14.7 Å². The first-order valence-corrected chi connectivity index (χ1v) is 8.30. The van der Waals surface area contributed by atoms with Crippen molar-refractivity contribution in [2.24, 2.45) is 5.73 Å². The number of rotatable bonds is 6. The zero-order chi connectivity index (χ0) is 18.5. The van der Waals surface area contributed by atoms with Crippen molar-refractivity contribution in [3.8, 4) is 11.1 Å². The second kappa shape index (κ2) is 7.76. The maximum atomic E-state index is 12.5. The average molecular weight is 345 g/mol. The SMILES string of the molecule is NC(C(=O)Cc1ccccc1)c1cccc(-c2ccc(C(=O)O)cc2)c1. The molecule has 3 aromatic carbocycles. The number of hydrogen-bond acceptors (Lipinski definition) is 3. The van der Waals surface area contributed by atoms with Gasteiger partial charge in [0.05, 0.1) is 11.6 Å². The molecule has 0 saturated carbocycles. The van der Waals surface area contributed by atoms with Gasteiger partial charge in [-0.3, -0.25) is 4.79 Å². The number of benzene rings is 3. The standard InChI is InChI=1S/C22H19NO3/c23-21(20(24)13-15-5-2-1-3-6-15)19-8-4-7-18(14-19)16-9-11-17(12-10-16)22(25)26/h1-12,14,21H,13,23H2,(H,25,26). The number of aromatic carboxylic acids is 1. The number of carboxylic acid groups (broad SMARTS) is 1. The largest absolute Gasteiger partial charge is 0.478 e. The van der Waals surface area contributed by atoms with Gasteiger partial charge in [-0.15, -0.1) is 0 Å². The number of Topliss-reactive ketones (excluding diaryl/α,β-unsaturated/α-hetero) is 1. The lowest BCUT2D eigenvalue weighted by atomic mass is 9.95. The summed E-state index contributed by atoms with van der Waals surface area (Å²) in [5.41, 5.74) is 9.85. The number of carboxylic acids is 1. The molecule has 3 N–H and O–H groups in total. The third-order valence-corrected chi connectivity index (χ3v) is 4.28. The van der Waals surface area contributed by atoms with Gasteiger partial charge in [-0.05, 0) is 40.5 Å². The smallest absolute Gasteiger partial charge is 0.335 e. The van der Waals surface area contributed by atoms with Crippen molar-refractivity contribution in [3.63, 3.8) is 0 Å². The Morgan fingerprint density at radius 1 is 0.846 bits per heavy atom. The second-order valence-corrected chi connectivity index (χ2v) is 6.11. The summed E-state index contributed by atoms with van der Waals surface area (Å²) in [5, 5.41) is 8.99. The Morgan fingerprint density at radius 2 is 1.54 bits per heavy atom. The normalized spacial score (nSPS) is 11.7. The maximum Gasteiger partial charge on any atom is 0.335 e. The molecule has 1 unspecified atom stereocenters. The first kappa shape index (κ1) is 17.6. The molecule has 3 aromatic rings. The molecule has 4 nitrogen and oxygen atoms in total. The summed E-state index contributed by atoms with van der Waals surface area (Å²) in [7, 11) is 0. The lowest BCUT2D eigenvalue weighted by molar-refractivity contribution is -0.119. The van der Waals surface area contributed by atoms with Gasteiger partial charge in [-0.25, -0.2) is 4.79 Å². The third kappa shape index (κ3) is 4.05. The van der Waals surface area contributed by atoms with E-state index in [1.165, 1.54) is 0 Å². The van der Waals surface area contributed by atoms with Gasteiger partial charge in [-0.1, -0.05) is 60.7 Å². The third-order valence-electron chi connectivity index (χ3n) is 4.28. The van der Waals surface area contributed by atoms with Gasteiger partial charge < -0.3 is 10.8 Å². The Balaban J connectivity index is 1.79. The quantitative estimate of drug-likeness (QED) is 0.711. The molecule has 0 amide bonds. The van der Waals surface area contributed by atoms with E-state index in [0.29, 0.717) is 6.42 Å². The van der Waals surface area contributed by atoms with Gasteiger partial charge in [0.15, 0.2) is 5.78 Å². The van der Waals surface area contributed by atoms with Crippen LogP contribution < -0.4 is 5.73 Å². The molecular weight excluding hydrogens is 326 g/mol. The summed E-state index contributed by atoms with van der Waals surface area (Å²) in [6.45, 7) is 0. The van der Waals surface area contributed by atoms with Crippen LogP contribution in [0.25, 0.3) is 11.1 Å². The molecule has 0 aliphatic carbocycles. The number of carbonyl (C=O) groups is 2. The highest BCUT2D eigenvalue weighted by atomic mass is 16.4. The number of hydrogen-bond donors (Lipinski definition) is 2. The fraction of sp³-hybridized carbons (Fsp3) is 0.0909. The van der Waals surface area contributed by atoms with Crippen molar-refractivity contribution in [1.82, 2.24) is 0 Å². The van der Waals surface area contributed by atoms with Crippen LogP contribution in [-0.2, 0) is 11.2 Å². The number of carbonyl (C=O) groups excluding carboxylic acids is 1. The Morgan fingerprint density at radius 3 is 2.19 bits per heavy atom. The molecule has 4 heteroatoms. The number of ketones is 1. The van der Waals surface area contributed by atoms with E-state index in [-0.39, 0.29) is 11.3 Å². The fourth-order valence-corrected chi connectivity index (χ4v) is 2.81. The lowest BCUT2D eigenvalue weighted by Crippen LogP contribution is -2.23. The van der Waals surface area contributed by atoms with Crippen molar-refractivity contribution in [2.75, 3.05) is 0 Å². The highest BCUT2D eigenvalue weighted by Crippen LogP contribution is 2.24. The summed E-state index contributed by atoms with van der Waals surface area (Å²) in [6.07, 6.45) is 0.291. The van der Waals surface area contributed by atoms with E-state index in [2.05, 4.69) is 0 Å². The fourth-order valence-electron chi connectivity index (χ4n) is 2.81. The minimum absolute atomic E-state index is 0.0467. The van der Waals surface area contributed by atoms with Crippen LogP contribution in [0.15, 0.2) is 78.9 Å². The molecule has 3 rings (SSSR count). The summed E-state index contributed by atoms with van der Waals surface area (Å²) < 4.78 is 0. The molecule has 0 aliphatic heterocycles. The van der Waals surface area contributed by atoms with Crippen LogP contribution in [-0.4, -0.2) is 16.9 Å². The van der Waals surface area contributed by atoms with E-state index in [1.54, 1.807) is 24.3 Å². The molecule has 0 aliphatic rings. The molecule has 0 aromatic heterocycles. The Labute approximate surface area is 151 Å². The molecule has 0 bridgehead atoms. The predicted molar refractivity (Wildman–Crippen MR) is 101 cm³/mol. The summed E-state index contributed by atoms with van der Waals surface area (Å²) in [6, 6.07) is 22.9. The van der Waals surface area contributed by atoms with E-state index in [9.17, 15) is 9.59 Å². The number of nitrogens with two attached hydrogens (primary N) is 1. The van der Waals surface area contributed by atoms with Crippen molar-refractivity contribution in [2.45, 2.75) is 12.5 Å². The van der Waals surface area contributed by atoms with Crippen molar-refractivity contribution in [1.29, 1.82) is 0 Å². The highest BCUT2D eigenvalue weighted by molar-refractivity contribution is 5.89. The molecule has 0 fully saturated rings. The zero-order valence-electron chi connectivity index (χ0n) is 14.1. The van der Waals surface area contributed by atoms with Crippen LogP contribution >= 0.6 is 0 Å². The van der Waals surface area contributed by atoms with Gasteiger partial charge in [-0.2, -0.15) is 0 Å². The summed E-state index contributed by atoms with van der Waals surface area (Å²) in [4.78, 5) is 23.5. The molecule has 130 valence electrons. The molecule has 0 radical (unpaired) electrons. The van der Waals surface area contributed by atoms with Crippen LogP contribution in [0.4, 0.5) is 0 Å². The minimum atomic E-state index is -0.959. The van der Waals surface area contributed by atoms with E-state index >= 15 is 0 Å². The average Bonchev–Trinajstić information content (AvgIpc) is 2.68. The molecule has 0 saturated heterocycles. The van der Waals surface area contributed by atoms with Crippen LogP contribution in [0.3, 0.4) is 0 Å². The predicted octanol–water partition coefficient (Wildman–Crippen LogP) is 3.86. The summed E-state index contributed by atoms with van der Waals surface area (Å²) in [5.74, 6) is -1.01. The van der Waals surface area contributed by atoms with Crippen LogP contribution in [0.5, 0.6) is 0 Å². The molecule has 1 atom stereocenters. The Hall–Kier alpha value is -3.24. The van der Waals surface area contributed by atoms with E-state index in [1.807, 2.05) is 54.6 Å². The van der Waals surface area contributed by atoms with E-state index < -0.39 is 12.0 Å². The van der Waals surface area contributed by atoms with Crippen LogP contribution in [0.1, 0.15) is 27.5 Å². The highest BCUT2D eigenvalue weighted by Gasteiger charge is 2.16. The van der Waals surface area contributed by atoms with Crippen LogP contribution in [0.2, 0.25) is 0 Å². The molecule has 0 spiro atoms. The zero-order valence-corrected chi connectivity index (χ0v) is 14.1. The monoisotopic (exact) mass is 345 g/mol. The first-order chi connectivity index (χ1) is 12.5. The second-order valence-electron chi connectivity index (χ2n) is 6.11. The van der Waals surface area contributed by atoms with Gasteiger partial charge in [0.1, 0.15) is 0 Å². The van der Waals surface area contributed by atoms with Crippen molar-refractivity contribution in [3.05, 3.63) is 95.6 Å². The van der Waals surface area contributed by atoms with E-state index in [0.717, 1.165) is 22.3 Å². The lowest BCUT2D eigenvalue weighted by Gasteiger charge is -2.13. The maximum absolute atomic E-state index is 12.5. The Kier molecular flexibility index (Phi) is 5.25. The van der Waals surface area contributed by atoms with Crippen LogP contribution in [0, 0.1) is 0 Å². The molecule has 0 heterocycles. The topological polar surface area (TPSA) is 80.4 Å². The first-order valence-electron chi connectivity index (χ1n) is 8.30. The van der Waals surface area contributed by atoms with Gasteiger partial charge in [0.2, 0.25) is 0 Å². The minimum Gasteiger partial charge on any atom is -0.478 e. The molecule has 26 heavy (non-hydrogen) atoms. The summed E-state index contributed by atoms with van der Waals surface area (Å²) >= 11 is 0. The van der Waals surface area contributed by atoms with Gasteiger partial charge in [0.25, 0.3) is 0 Å². The van der Waals surface area contributed by atoms with Gasteiger partial charge in [0, 0.05) is 6.42 Å².